The highest BCUT2D eigenvalue weighted by atomic mass is 16.5. The molecule has 0 aliphatic carbocycles. The summed E-state index contributed by atoms with van der Waals surface area (Å²) in [5, 5.41) is 9.15. The molecule has 0 aromatic heterocycles. The highest BCUT2D eigenvalue weighted by molar-refractivity contribution is 5.90. The van der Waals surface area contributed by atoms with E-state index < -0.39 is 0 Å². The SMILES string of the molecule is COc1ccc(/C=C(\C#N)C=NCc2ccccc2)cc1. The molecular formula is C18H16N2O. The normalized spacial score (nSPS) is 11.3. The van der Waals surface area contributed by atoms with Crippen molar-refractivity contribution in [2.45, 2.75) is 6.54 Å². The summed E-state index contributed by atoms with van der Waals surface area (Å²) in [4.78, 5) is 4.30. The van der Waals surface area contributed by atoms with E-state index in [4.69, 9.17) is 10.00 Å². The highest BCUT2D eigenvalue weighted by Gasteiger charge is 1.95. The van der Waals surface area contributed by atoms with Crippen molar-refractivity contribution in [1.29, 1.82) is 5.26 Å². The van der Waals surface area contributed by atoms with Gasteiger partial charge in [0.2, 0.25) is 0 Å². The molecule has 0 bridgehead atoms. The van der Waals surface area contributed by atoms with Gasteiger partial charge in [-0.1, -0.05) is 42.5 Å². The smallest absolute Gasteiger partial charge is 0.118 e. The van der Waals surface area contributed by atoms with Gasteiger partial charge in [-0.15, -0.1) is 0 Å². The van der Waals surface area contributed by atoms with Crippen LogP contribution in [0.25, 0.3) is 6.08 Å². The minimum absolute atomic E-state index is 0.524. The lowest BCUT2D eigenvalue weighted by Gasteiger charge is -1.99. The van der Waals surface area contributed by atoms with E-state index in [2.05, 4.69) is 11.1 Å². The Bertz CT molecular complexity index is 665. The fraction of sp³-hybridized carbons (Fsp3) is 0.111. The molecule has 3 nitrogen and oxygen atoms in total. The molecule has 3 heteroatoms. The van der Waals surface area contributed by atoms with Gasteiger partial charge in [0, 0.05) is 6.21 Å². The lowest BCUT2D eigenvalue weighted by molar-refractivity contribution is 0.415. The minimum Gasteiger partial charge on any atom is -0.497 e. The maximum absolute atomic E-state index is 9.15. The number of hydrogen-bond donors (Lipinski definition) is 0. The van der Waals surface area contributed by atoms with Gasteiger partial charge < -0.3 is 4.74 Å². The number of nitriles is 1. The Morgan fingerprint density at radius 2 is 1.86 bits per heavy atom. The van der Waals surface area contributed by atoms with E-state index >= 15 is 0 Å². The Hall–Kier alpha value is -2.86. The summed E-state index contributed by atoms with van der Waals surface area (Å²) in [5.74, 6) is 0.795. The van der Waals surface area contributed by atoms with E-state index in [0.29, 0.717) is 12.1 Å². The summed E-state index contributed by atoms with van der Waals surface area (Å²) in [6, 6.07) is 19.6. The summed E-state index contributed by atoms with van der Waals surface area (Å²) in [5.41, 5.74) is 2.59. The highest BCUT2D eigenvalue weighted by Crippen LogP contribution is 2.13. The molecule has 2 aromatic rings. The van der Waals surface area contributed by atoms with Crippen LogP contribution >= 0.6 is 0 Å². The first-order valence-electron chi connectivity index (χ1n) is 6.61. The fourth-order valence-electron chi connectivity index (χ4n) is 1.81. The number of allylic oxidation sites excluding steroid dienone is 1. The molecule has 0 spiro atoms. The van der Waals surface area contributed by atoms with Gasteiger partial charge in [0.15, 0.2) is 0 Å². The summed E-state index contributed by atoms with van der Waals surface area (Å²) in [6.07, 6.45) is 3.41. The third kappa shape index (κ3) is 4.63. The summed E-state index contributed by atoms with van der Waals surface area (Å²) < 4.78 is 5.10. The van der Waals surface area contributed by atoms with Crippen LogP contribution in [0.15, 0.2) is 65.2 Å². The topological polar surface area (TPSA) is 45.4 Å². The fourth-order valence-corrected chi connectivity index (χ4v) is 1.81. The minimum atomic E-state index is 0.524. The average Bonchev–Trinajstić information content (AvgIpc) is 2.55. The van der Waals surface area contributed by atoms with Gasteiger partial charge in [0.25, 0.3) is 0 Å². The number of hydrogen-bond acceptors (Lipinski definition) is 3. The standard InChI is InChI=1S/C18H16N2O/c1-21-18-9-7-15(8-10-18)11-17(12-19)14-20-13-16-5-3-2-4-6-16/h2-11,14H,13H2,1H3/b17-11+,20-14?. The second-order valence-corrected chi connectivity index (χ2v) is 4.44. The van der Waals surface area contributed by atoms with Crippen LogP contribution in [0.2, 0.25) is 0 Å². The summed E-state index contributed by atoms with van der Waals surface area (Å²) >= 11 is 0. The van der Waals surface area contributed by atoms with Crippen molar-refractivity contribution in [2.24, 2.45) is 4.99 Å². The second kappa shape index (κ2) is 7.66. The van der Waals surface area contributed by atoms with E-state index in [9.17, 15) is 0 Å². The maximum atomic E-state index is 9.15. The van der Waals surface area contributed by atoms with Gasteiger partial charge in [-0.25, -0.2) is 0 Å². The van der Waals surface area contributed by atoms with Crippen LogP contribution in [-0.4, -0.2) is 13.3 Å². The van der Waals surface area contributed by atoms with E-state index in [1.807, 2.05) is 54.6 Å². The first-order chi connectivity index (χ1) is 10.3. The number of rotatable bonds is 5. The lowest BCUT2D eigenvalue weighted by atomic mass is 10.1. The zero-order valence-corrected chi connectivity index (χ0v) is 11.9. The van der Waals surface area contributed by atoms with Crippen molar-refractivity contribution in [1.82, 2.24) is 0 Å². The molecule has 104 valence electrons. The average molecular weight is 276 g/mol. The summed E-state index contributed by atoms with van der Waals surface area (Å²) in [6.45, 7) is 0.572. The first-order valence-corrected chi connectivity index (χ1v) is 6.61. The zero-order chi connectivity index (χ0) is 14.9. The van der Waals surface area contributed by atoms with Crippen molar-refractivity contribution < 1.29 is 4.74 Å². The Labute approximate surface area is 124 Å². The molecule has 0 fully saturated rings. The lowest BCUT2D eigenvalue weighted by Crippen LogP contribution is -1.86. The number of nitrogens with zero attached hydrogens (tertiary/aromatic N) is 2. The summed E-state index contributed by atoms with van der Waals surface area (Å²) in [7, 11) is 1.63. The molecule has 0 saturated heterocycles. The Balaban J connectivity index is 2.05. The molecule has 0 saturated carbocycles. The molecule has 2 aromatic carbocycles. The van der Waals surface area contributed by atoms with Crippen LogP contribution in [0.4, 0.5) is 0 Å². The van der Waals surface area contributed by atoms with Crippen LogP contribution in [0.1, 0.15) is 11.1 Å². The molecule has 21 heavy (non-hydrogen) atoms. The van der Waals surface area contributed by atoms with Gasteiger partial charge in [-0.2, -0.15) is 5.26 Å². The maximum Gasteiger partial charge on any atom is 0.118 e. The van der Waals surface area contributed by atoms with E-state index in [1.165, 1.54) is 0 Å². The first kappa shape index (κ1) is 14.5. The molecule has 0 atom stereocenters. The number of benzene rings is 2. The van der Waals surface area contributed by atoms with Gasteiger partial charge in [-0.3, -0.25) is 4.99 Å². The molecule has 0 aliphatic heterocycles. The van der Waals surface area contributed by atoms with Crippen LogP contribution in [0.5, 0.6) is 5.75 Å². The quantitative estimate of drug-likeness (QED) is 0.614. The Kier molecular flexibility index (Phi) is 5.31. The monoisotopic (exact) mass is 276 g/mol. The van der Waals surface area contributed by atoms with E-state index in [-0.39, 0.29) is 0 Å². The van der Waals surface area contributed by atoms with Crippen molar-refractivity contribution >= 4 is 12.3 Å². The van der Waals surface area contributed by atoms with Gasteiger partial charge >= 0.3 is 0 Å². The third-order valence-electron chi connectivity index (χ3n) is 2.91. The molecular weight excluding hydrogens is 260 g/mol. The van der Waals surface area contributed by atoms with Crippen molar-refractivity contribution in [3.05, 3.63) is 71.3 Å². The van der Waals surface area contributed by atoms with Crippen LogP contribution < -0.4 is 4.74 Å². The van der Waals surface area contributed by atoms with Crippen molar-refractivity contribution in [3.63, 3.8) is 0 Å². The molecule has 0 amide bonds. The van der Waals surface area contributed by atoms with Crippen LogP contribution in [0.3, 0.4) is 0 Å². The number of methoxy groups -OCH3 is 1. The largest absolute Gasteiger partial charge is 0.497 e. The van der Waals surface area contributed by atoms with Crippen LogP contribution in [-0.2, 0) is 6.54 Å². The Morgan fingerprint density at radius 3 is 2.48 bits per heavy atom. The molecule has 0 N–H and O–H groups in total. The third-order valence-corrected chi connectivity index (χ3v) is 2.91. The number of aliphatic imine (C=N–C) groups is 1. The molecule has 0 heterocycles. The Morgan fingerprint density at radius 1 is 1.14 bits per heavy atom. The van der Waals surface area contributed by atoms with Crippen molar-refractivity contribution in [3.8, 4) is 11.8 Å². The molecule has 0 unspecified atom stereocenters. The van der Waals surface area contributed by atoms with E-state index in [1.54, 1.807) is 19.4 Å². The second-order valence-electron chi connectivity index (χ2n) is 4.44. The van der Waals surface area contributed by atoms with Gasteiger partial charge in [0.1, 0.15) is 11.8 Å². The number of ether oxygens (including phenoxy) is 1. The zero-order valence-electron chi connectivity index (χ0n) is 11.9. The van der Waals surface area contributed by atoms with E-state index in [0.717, 1.165) is 16.9 Å². The molecule has 2 rings (SSSR count). The predicted octanol–water partition coefficient (Wildman–Crippen LogP) is 3.87. The molecule has 0 radical (unpaired) electrons. The van der Waals surface area contributed by atoms with Gasteiger partial charge in [-0.05, 0) is 29.3 Å². The van der Waals surface area contributed by atoms with Crippen LogP contribution in [0, 0.1) is 11.3 Å². The van der Waals surface area contributed by atoms with Crippen molar-refractivity contribution in [2.75, 3.05) is 7.11 Å². The predicted molar refractivity (Wildman–Crippen MR) is 85.2 cm³/mol. The van der Waals surface area contributed by atoms with Gasteiger partial charge in [0.05, 0.1) is 19.2 Å². The molecule has 0 aliphatic rings.